The molecule has 1 aliphatic heterocycles. The number of amides is 1. The van der Waals surface area contributed by atoms with E-state index < -0.39 is 0 Å². The lowest BCUT2D eigenvalue weighted by atomic mass is 9.95. The highest BCUT2D eigenvalue weighted by molar-refractivity contribution is 5.78. The minimum atomic E-state index is 0.138. The second-order valence-electron chi connectivity index (χ2n) is 6.80. The van der Waals surface area contributed by atoms with Gasteiger partial charge in [-0.25, -0.2) is 0 Å². The number of carbonyl (C=O) groups excluding carboxylic acids is 1. The van der Waals surface area contributed by atoms with Gasteiger partial charge in [0.15, 0.2) is 0 Å². The Morgan fingerprint density at radius 2 is 1.89 bits per heavy atom. The lowest BCUT2D eigenvalue weighted by molar-refractivity contribution is -0.136. The molecule has 1 saturated heterocycles. The Bertz CT molecular complexity index is 732. The highest BCUT2D eigenvalue weighted by atomic mass is 16.5. The summed E-state index contributed by atoms with van der Waals surface area (Å²) in [7, 11) is 1.64. The molecule has 146 valence electrons. The number of methoxy groups -OCH3 is 1. The van der Waals surface area contributed by atoms with Gasteiger partial charge in [0.05, 0.1) is 13.7 Å². The quantitative estimate of drug-likeness (QED) is 0.744. The van der Waals surface area contributed by atoms with Gasteiger partial charge in [-0.05, 0) is 64.0 Å². The molecule has 0 bridgehead atoms. The monoisotopic (exact) mass is 372 g/mol. The number of rotatable bonds is 7. The van der Waals surface area contributed by atoms with E-state index in [0.717, 1.165) is 50.3 Å². The summed E-state index contributed by atoms with van der Waals surface area (Å²) in [5.74, 6) is 2.41. The van der Waals surface area contributed by atoms with Gasteiger partial charge < -0.3 is 14.2 Å². The van der Waals surface area contributed by atoms with Gasteiger partial charge in [0, 0.05) is 24.6 Å². The molecule has 27 heavy (non-hydrogen) atoms. The summed E-state index contributed by atoms with van der Waals surface area (Å²) < 4.78 is 10.6. The van der Waals surface area contributed by atoms with Gasteiger partial charge in [-0.1, -0.05) is 5.16 Å². The number of aromatic nitrogens is 2. The van der Waals surface area contributed by atoms with Crippen molar-refractivity contribution >= 4 is 5.91 Å². The fourth-order valence-corrected chi connectivity index (χ4v) is 3.50. The summed E-state index contributed by atoms with van der Waals surface area (Å²) in [5.41, 5.74) is 0.898. The maximum absolute atomic E-state index is 12.5. The predicted molar refractivity (Wildman–Crippen MR) is 102 cm³/mol. The first-order valence-corrected chi connectivity index (χ1v) is 9.62. The molecule has 0 spiro atoms. The Kier molecular flexibility index (Phi) is 6.45. The van der Waals surface area contributed by atoms with Crippen LogP contribution in [-0.4, -0.2) is 59.1 Å². The number of ether oxygens (including phenoxy) is 1. The van der Waals surface area contributed by atoms with E-state index in [1.54, 1.807) is 7.11 Å². The van der Waals surface area contributed by atoms with Crippen LogP contribution in [0.4, 0.5) is 0 Å². The minimum absolute atomic E-state index is 0.138. The van der Waals surface area contributed by atoms with Gasteiger partial charge in [0.25, 0.3) is 0 Å². The van der Waals surface area contributed by atoms with Crippen molar-refractivity contribution in [3.05, 3.63) is 30.2 Å². The van der Waals surface area contributed by atoms with Crippen molar-refractivity contribution < 1.29 is 14.1 Å². The number of hydrogen-bond donors (Lipinski definition) is 0. The molecule has 0 radical (unpaired) electrons. The van der Waals surface area contributed by atoms with Gasteiger partial charge >= 0.3 is 0 Å². The first-order valence-electron chi connectivity index (χ1n) is 9.62. The molecule has 0 saturated carbocycles. The second-order valence-corrected chi connectivity index (χ2v) is 6.80. The van der Waals surface area contributed by atoms with Crippen molar-refractivity contribution in [1.29, 1.82) is 0 Å². The van der Waals surface area contributed by atoms with Crippen LogP contribution in [0.2, 0.25) is 0 Å². The van der Waals surface area contributed by atoms with Gasteiger partial charge in [0.2, 0.25) is 17.6 Å². The highest BCUT2D eigenvalue weighted by Crippen LogP contribution is 2.23. The zero-order valence-corrected chi connectivity index (χ0v) is 16.4. The summed E-state index contributed by atoms with van der Waals surface area (Å²) in [5, 5.41) is 4.08. The zero-order chi connectivity index (χ0) is 19.2. The summed E-state index contributed by atoms with van der Waals surface area (Å²) in [6, 6.07) is 7.58. The molecule has 0 aliphatic carbocycles. The smallest absolute Gasteiger partial charge is 0.241 e. The molecule has 0 N–H and O–H groups in total. The molecule has 0 unspecified atom stereocenters. The fraction of sp³-hybridized carbons (Fsp3) is 0.550. The van der Waals surface area contributed by atoms with Crippen LogP contribution in [0, 0.1) is 5.92 Å². The van der Waals surface area contributed by atoms with Crippen LogP contribution in [0.1, 0.15) is 32.6 Å². The largest absolute Gasteiger partial charge is 0.497 e. The summed E-state index contributed by atoms with van der Waals surface area (Å²) in [6.07, 6.45) is 1.77. The highest BCUT2D eigenvalue weighted by Gasteiger charge is 2.28. The maximum atomic E-state index is 12.5. The number of hydrogen-bond acceptors (Lipinski definition) is 6. The van der Waals surface area contributed by atoms with Crippen LogP contribution in [0.5, 0.6) is 5.75 Å². The van der Waals surface area contributed by atoms with Crippen LogP contribution in [0.3, 0.4) is 0 Å². The van der Waals surface area contributed by atoms with Gasteiger partial charge in [0.1, 0.15) is 5.75 Å². The summed E-state index contributed by atoms with van der Waals surface area (Å²) in [4.78, 5) is 21.2. The third-order valence-electron chi connectivity index (χ3n) is 5.19. The first-order chi connectivity index (χ1) is 13.1. The molecular weight excluding hydrogens is 344 g/mol. The Morgan fingerprint density at radius 3 is 2.48 bits per heavy atom. The van der Waals surface area contributed by atoms with E-state index >= 15 is 0 Å². The van der Waals surface area contributed by atoms with Crippen LogP contribution in [-0.2, 0) is 11.3 Å². The number of likely N-dealkylation sites (tertiary alicyclic amines) is 1. The average Bonchev–Trinajstić information content (AvgIpc) is 3.18. The average molecular weight is 372 g/mol. The number of piperidine rings is 1. The standard InChI is InChI=1S/C20H28N4O3/c1-4-24(5-2)20(25)16-10-12-23(13-11-16)14-18-21-19(22-27-18)15-6-8-17(26-3)9-7-15/h6-9,16H,4-5,10-14H2,1-3H3. The van der Waals surface area contributed by atoms with Gasteiger partial charge in [-0.2, -0.15) is 4.98 Å². The van der Waals surface area contributed by atoms with Crippen molar-refractivity contribution in [2.45, 2.75) is 33.2 Å². The molecule has 3 rings (SSSR count). The SMILES string of the molecule is CCN(CC)C(=O)C1CCN(Cc2nc(-c3ccc(OC)cc3)no2)CC1. The molecule has 1 aromatic heterocycles. The predicted octanol–water partition coefficient (Wildman–Crippen LogP) is 2.83. The molecule has 7 heteroatoms. The van der Waals surface area contributed by atoms with E-state index in [1.807, 2.05) is 43.0 Å². The van der Waals surface area contributed by atoms with Crippen molar-refractivity contribution in [3.8, 4) is 17.1 Å². The third-order valence-corrected chi connectivity index (χ3v) is 5.19. The van der Waals surface area contributed by atoms with Gasteiger partial charge in [-0.15, -0.1) is 0 Å². The molecule has 2 heterocycles. The Hall–Kier alpha value is -2.41. The third kappa shape index (κ3) is 4.66. The van der Waals surface area contributed by atoms with E-state index in [4.69, 9.17) is 9.26 Å². The molecule has 1 aromatic carbocycles. The van der Waals surface area contributed by atoms with Crippen molar-refractivity contribution in [3.63, 3.8) is 0 Å². The number of carbonyl (C=O) groups is 1. The van der Waals surface area contributed by atoms with Crippen LogP contribution in [0.25, 0.3) is 11.4 Å². The lowest BCUT2D eigenvalue weighted by Crippen LogP contribution is -2.42. The summed E-state index contributed by atoms with van der Waals surface area (Å²) in [6.45, 7) is 8.00. The van der Waals surface area contributed by atoms with Crippen LogP contribution in [0.15, 0.2) is 28.8 Å². The summed E-state index contributed by atoms with van der Waals surface area (Å²) >= 11 is 0. The number of nitrogens with zero attached hydrogens (tertiary/aromatic N) is 4. The lowest BCUT2D eigenvalue weighted by Gasteiger charge is -2.32. The molecule has 7 nitrogen and oxygen atoms in total. The molecule has 1 aliphatic rings. The molecule has 0 atom stereocenters. The second kappa shape index (κ2) is 8.99. The van der Waals surface area contributed by atoms with Crippen LogP contribution < -0.4 is 4.74 Å². The molecule has 2 aromatic rings. The van der Waals surface area contributed by atoms with E-state index in [0.29, 0.717) is 24.2 Å². The van der Waals surface area contributed by atoms with Gasteiger partial charge in [-0.3, -0.25) is 9.69 Å². The fourth-order valence-electron chi connectivity index (χ4n) is 3.50. The Labute approximate surface area is 160 Å². The molecular formula is C20H28N4O3. The minimum Gasteiger partial charge on any atom is -0.497 e. The van der Waals surface area contributed by atoms with E-state index in [1.165, 1.54) is 0 Å². The van der Waals surface area contributed by atoms with Crippen molar-refractivity contribution in [2.24, 2.45) is 5.92 Å². The van der Waals surface area contributed by atoms with E-state index in [-0.39, 0.29) is 5.92 Å². The molecule has 1 fully saturated rings. The normalized spacial score (nSPS) is 15.7. The number of benzene rings is 1. The maximum Gasteiger partial charge on any atom is 0.241 e. The zero-order valence-electron chi connectivity index (χ0n) is 16.4. The van der Waals surface area contributed by atoms with E-state index in [9.17, 15) is 4.79 Å². The Balaban J connectivity index is 1.53. The Morgan fingerprint density at radius 1 is 1.22 bits per heavy atom. The van der Waals surface area contributed by atoms with Crippen molar-refractivity contribution in [1.82, 2.24) is 19.9 Å². The molecule has 1 amide bonds. The topological polar surface area (TPSA) is 71.7 Å². The van der Waals surface area contributed by atoms with E-state index in [2.05, 4.69) is 15.0 Å². The first kappa shape index (κ1) is 19.4. The van der Waals surface area contributed by atoms with Crippen molar-refractivity contribution in [2.75, 3.05) is 33.3 Å². The van der Waals surface area contributed by atoms with Crippen LogP contribution >= 0.6 is 0 Å².